The quantitative estimate of drug-likeness (QED) is 0.107. The molecular formula is C50H63BBrN9O4. The molecule has 4 aliphatic rings. The zero-order chi connectivity index (χ0) is 46.9. The SMILES string of the molecule is CC1(C)CCN(c2cccc(B3OC(C)(C)C(C)(C)O3)c2)C1.C[C@@H](NC(=O)c1c[nH]c2ncc(-c3cccc(N4CCC(C)(C)C4)c3)nc12)C(=O)N1CC(C#N)C1.Nc1cccc(Br)c1. The van der Waals surface area contributed by atoms with Crippen LogP contribution in [0.15, 0.2) is 89.7 Å². The van der Waals surface area contributed by atoms with E-state index in [9.17, 15) is 9.59 Å². The molecule has 9 rings (SSSR count). The van der Waals surface area contributed by atoms with Crippen LogP contribution in [0.3, 0.4) is 0 Å². The number of fused-ring (bicyclic) bond motifs is 1. The third-order valence-corrected chi connectivity index (χ3v) is 13.7. The summed E-state index contributed by atoms with van der Waals surface area (Å²) in [6.45, 7) is 24.4. The summed E-state index contributed by atoms with van der Waals surface area (Å²) in [7, 11) is -0.277. The number of carbonyl (C=O) groups excluding carboxylic acids is 2. The van der Waals surface area contributed by atoms with Gasteiger partial charge in [-0.3, -0.25) is 9.59 Å². The van der Waals surface area contributed by atoms with E-state index in [4.69, 9.17) is 25.3 Å². The van der Waals surface area contributed by atoms with Crippen LogP contribution < -0.4 is 26.3 Å². The smallest absolute Gasteiger partial charge is 0.399 e. The van der Waals surface area contributed by atoms with E-state index in [2.05, 4.69) is 139 Å². The van der Waals surface area contributed by atoms with Crippen LogP contribution in [0.5, 0.6) is 0 Å². The molecule has 0 aliphatic carbocycles. The maximum atomic E-state index is 13.0. The summed E-state index contributed by atoms with van der Waals surface area (Å²) in [4.78, 5) is 44.2. The molecule has 1 atom stereocenters. The Balaban J connectivity index is 0.000000177. The van der Waals surface area contributed by atoms with E-state index in [0.29, 0.717) is 46.3 Å². The lowest BCUT2D eigenvalue weighted by atomic mass is 9.79. The number of benzene rings is 3. The Bertz CT molecular complexity index is 2530. The normalized spacial score (nSPS) is 19.6. The highest BCUT2D eigenvalue weighted by Crippen LogP contribution is 2.38. The van der Waals surface area contributed by atoms with Crippen molar-refractivity contribution in [3.63, 3.8) is 0 Å². The van der Waals surface area contributed by atoms with Crippen molar-refractivity contribution in [1.29, 1.82) is 5.26 Å². The molecule has 2 aromatic heterocycles. The molecule has 342 valence electrons. The van der Waals surface area contributed by atoms with Crippen molar-refractivity contribution in [2.45, 2.75) is 92.4 Å². The average Bonchev–Trinajstić information content (AvgIpc) is 3.99. The van der Waals surface area contributed by atoms with Crippen LogP contribution in [0.4, 0.5) is 17.1 Å². The number of carbonyl (C=O) groups is 2. The van der Waals surface area contributed by atoms with Crippen molar-refractivity contribution in [3.8, 4) is 17.3 Å². The Morgan fingerprint density at radius 3 is 2.05 bits per heavy atom. The first-order valence-corrected chi connectivity index (χ1v) is 23.3. The number of likely N-dealkylation sites (tertiary alicyclic amines) is 1. The van der Waals surface area contributed by atoms with E-state index in [-0.39, 0.29) is 30.1 Å². The Labute approximate surface area is 392 Å². The molecule has 13 nitrogen and oxygen atoms in total. The van der Waals surface area contributed by atoms with Crippen LogP contribution >= 0.6 is 15.9 Å². The molecule has 0 spiro atoms. The summed E-state index contributed by atoms with van der Waals surface area (Å²) < 4.78 is 13.4. The summed E-state index contributed by atoms with van der Waals surface area (Å²) in [5.41, 5.74) is 12.8. The minimum atomic E-state index is -0.704. The Morgan fingerprint density at radius 2 is 1.49 bits per heavy atom. The van der Waals surface area contributed by atoms with E-state index in [1.165, 1.54) is 12.1 Å². The van der Waals surface area contributed by atoms with Gasteiger partial charge in [-0.25, -0.2) is 9.97 Å². The zero-order valence-electron chi connectivity index (χ0n) is 39.2. The van der Waals surface area contributed by atoms with E-state index < -0.39 is 11.9 Å². The van der Waals surface area contributed by atoms with Crippen molar-refractivity contribution in [2.24, 2.45) is 16.7 Å². The molecule has 0 unspecified atom stereocenters. The molecule has 4 saturated heterocycles. The van der Waals surface area contributed by atoms with Crippen molar-refractivity contribution in [2.75, 3.05) is 54.8 Å². The van der Waals surface area contributed by atoms with Crippen LogP contribution in [-0.2, 0) is 14.1 Å². The maximum Gasteiger partial charge on any atom is 0.494 e. The summed E-state index contributed by atoms with van der Waals surface area (Å²) in [5.74, 6) is -0.716. The number of hydrogen-bond acceptors (Lipinski definition) is 10. The molecule has 0 bridgehead atoms. The van der Waals surface area contributed by atoms with Crippen LogP contribution in [0, 0.1) is 28.1 Å². The fourth-order valence-electron chi connectivity index (χ4n) is 8.44. The summed E-state index contributed by atoms with van der Waals surface area (Å²) >= 11 is 3.28. The molecule has 65 heavy (non-hydrogen) atoms. The number of H-pyrrole nitrogens is 1. The van der Waals surface area contributed by atoms with Crippen molar-refractivity contribution < 1.29 is 18.9 Å². The van der Waals surface area contributed by atoms with Gasteiger partial charge in [0.1, 0.15) is 11.6 Å². The second kappa shape index (κ2) is 18.8. The highest BCUT2D eigenvalue weighted by molar-refractivity contribution is 9.10. The van der Waals surface area contributed by atoms with Gasteiger partial charge in [-0.15, -0.1) is 0 Å². The average molecular weight is 945 g/mol. The first-order chi connectivity index (χ1) is 30.6. The number of rotatable bonds is 7. The molecule has 0 saturated carbocycles. The van der Waals surface area contributed by atoms with Gasteiger partial charge in [0.25, 0.3) is 5.91 Å². The fourth-order valence-corrected chi connectivity index (χ4v) is 8.85. The number of nitrogens with two attached hydrogens (primary N) is 1. The van der Waals surface area contributed by atoms with Gasteiger partial charge in [-0.05, 0) is 106 Å². The lowest BCUT2D eigenvalue weighted by Gasteiger charge is -2.37. The molecular weight excluding hydrogens is 881 g/mol. The number of nitrogen functional groups attached to an aromatic ring is 1. The Hall–Kier alpha value is -5.43. The van der Waals surface area contributed by atoms with E-state index in [1.54, 1.807) is 24.2 Å². The molecule has 2 amide bonds. The number of nitrogens with one attached hydrogen (secondary N) is 2. The Kier molecular flexibility index (Phi) is 13.8. The lowest BCUT2D eigenvalue weighted by molar-refractivity contribution is -0.137. The number of hydrogen-bond donors (Lipinski definition) is 3. The Morgan fingerprint density at radius 1 is 0.892 bits per heavy atom. The first-order valence-electron chi connectivity index (χ1n) is 22.5. The predicted molar refractivity (Wildman–Crippen MR) is 264 cm³/mol. The molecule has 5 aromatic rings. The van der Waals surface area contributed by atoms with Crippen LogP contribution in [0.25, 0.3) is 22.4 Å². The third kappa shape index (κ3) is 11.2. The number of nitriles is 1. The fraction of sp³-hybridized carbons (Fsp3) is 0.460. The number of anilines is 3. The third-order valence-electron chi connectivity index (χ3n) is 13.2. The standard InChI is InChI=1S/C26H29N7O2.C18H28BNO2.C6H6BrN/c1-16(25(35)33-13-17(10-27)14-33)30-24(34)20-11-28-23-22(20)31-21(12-29-23)18-5-4-6-19(9-18)32-8-7-26(2,3)15-32;1-16(2)10-11-20(13-16)15-9-7-8-14(12-15)19-21-17(3,4)18(5,6)22-19;7-5-2-1-3-6(8)4-5/h4-6,9,11-12,16-17H,7-8,13-15H2,1-3H3,(H,28,29)(H,30,34);7-9,12H,10-11,13H2,1-6H3;1-4H,8H2/t16-;;/m1../s1. The highest BCUT2D eigenvalue weighted by Gasteiger charge is 2.51. The molecule has 4 aliphatic heterocycles. The molecule has 4 fully saturated rings. The van der Waals surface area contributed by atoms with Crippen molar-refractivity contribution in [1.82, 2.24) is 25.2 Å². The van der Waals surface area contributed by atoms with Crippen LogP contribution in [0.2, 0.25) is 0 Å². The molecule has 4 N–H and O–H groups in total. The van der Waals surface area contributed by atoms with Gasteiger partial charge in [-0.1, -0.05) is 74.0 Å². The van der Waals surface area contributed by atoms with Gasteiger partial charge in [0, 0.05) is 72.6 Å². The number of halogens is 1. The van der Waals surface area contributed by atoms with Gasteiger partial charge in [0.15, 0.2) is 5.65 Å². The van der Waals surface area contributed by atoms with E-state index >= 15 is 0 Å². The number of aromatic amines is 1. The van der Waals surface area contributed by atoms with Gasteiger partial charge in [0.2, 0.25) is 5.91 Å². The number of aromatic nitrogens is 3. The van der Waals surface area contributed by atoms with Crippen LogP contribution in [-0.4, -0.2) is 95.3 Å². The zero-order valence-corrected chi connectivity index (χ0v) is 40.8. The molecule has 6 heterocycles. The number of amides is 2. The monoisotopic (exact) mass is 943 g/mol. The minimum Gasteiger partial charge on any atom is -0.399 e. The van der Waals surface area contributed by atoms with Gasteiger partial charge < -0.3 is 40.0 Å². The van der Waals surface area contributed by atoms with E-state index in [1.807, 2.05) is 36.4 Å². The van der Waals surface area contributed by atoms with Crippen molar-refractivity contribution >= 4 is 68.6 Å². The van der Waals surface area contributed by atoms with Gasteiger partial charge in [-0.2, -0.15) is 5.26 Å². The first kappa shape index (κ1) is 47.5. The van der Waals surface area contributed by atoms with Gasteiger partial charge in [0.05, 0.1) is 40.6 Å². The van der Waals surface area contributed by atoms with Gasteiger partial charge >= 0.3 is 7.12 Å². The highest BCUT2D eigenvalue weighted by atomic mass is 79.9. The van der Waals surface area contributed by atoms with Crippen LogP contribution in [0.1, 0.15) is 85.5 Å². The summed E-state index contributed by atoms with van der Waals surface area (Å²) in [6, 6.07) is 25.9. The topological polar surface area (TPSA) is 166 Å². The summed E-state index contributed by atoms with van der Waals surface area (Å²) in [6.07, 6.45) is 5.67. The molecule has 0 radical (unpaired) electrons. The second-order valence-electron chi connectivity index (χ2n) is 20.4. The minimum absolute atomic E-state index is 0.125. The maximum absolute atomic E-state index is 13.0. The molecule has 3 aromatic carbocycles. The van der Waals surface area contributed by atoms with E-state index in [0.717, 1.165) is 59.5 Å². The number of nitrogens with zero attached hydrogens (tertiary/aromatic N) is 6. The summed E-state index contributed by atoms with van der Waals surface area (Å²) in [5, 5.41) is 11.7. The van der Waals surface area contributed by atoms with Crippen molar-refractivity contribution in [3.05, 3.63) is 95.2 Å². The lowest BCUT2D eigenvalue weighted by Crippen LogP contribution is -2.55. The largest absolute Gasteiger partial charge is 0.494 e. The molecule has 15 heteroatoms. The second-order valence-corrected chi connectivity index (χ2v) is 21.3. The predicted octanol–water partition coefficient (Wildman–Crippen LogP) is 8.21.